The van der Waals surface area contributed by atoms with Gasteiger partial charge in [-0.3, -0.25) is 4.99 Å². The van der Waals surface area contributed by atoms with Crippen LogP contribution >= 0.6 is 0 Å². The summed E-state index contributed by atoms with van der Waals surface area (Å²) in [6.07, 6.45) is 1.73. The van der Waals surface area contributed by atoms with Crippen molar-refractivity contribution in [1.29, 1.82) is 0 Å². The van der Waals surface area contributed by atoms with Crippen LogP contribution in [0.4, 0.5) is 8.78 Å². The highest BCUT2D eigenvalue weighted by atomic mass is 32.2. The van der Waals surface area contributed by atoms with Crippen molar-refractivity contribution in [1.82, 2.24) is 10.6 Å². The highest BCUT2D eigenvalue weighted by molar-refractivity contribution is 7.90. The zero-order valence-electron chi connectivity index (χ0n) is 15.4. The molecule has 0 aliphatic rings. The summed E-state index contributed by atoms with van der Waals surface area (Å²) in [4.78, 5) is 4.09. The van der Waals surface area contributed by atoms with E-state index in [-0.39, 0.29) is 11.2 Å². The molecule has 0 radical (unpaired) electrons. The van der Waals surface area contributed by atoms with E-state index in [1.807, 2.05) is 13.8 Å². The fourth-order valence-electron chi connectivity index (χ4n) is 2.20. The van der Waals surface area contributed by atoms with Crippen molar-refractivity contribution in [2.75, 3.05) is 25.6 Å². The fourth-order valence-corrected chi connectivity index (χ4v) is 3.13. The Morgan fingerprint density at radius 1 is 1.32 bits per heavy atom. The number of aliphatic imine (C=N–C) groups is 1. The van der Waals surface area contributed by atoms with Crippen molar-refractivity contribution >= 4 is 15.8 Å². The van der Waals surface area contributed by atoms with Crippen molar-refractivity contribution in [3.05, 3.63) is 35.4 Å². The highest BCUT2D eigenvalue weighted by Crippen LogP contribution is 2.20. The minimum absolute atomic E-state index is 0.116. The van der Waals surface area contributed by atoms with Gasteiger partial charge >= 0.3 is 0 Å². The van der Waals surface area contributed by atoms with Crippen LogP contribution in [0.1, 0.15) is 38.8 Å². The summed E-state index contributed by atoms with van der Waals surface area (Å²) in [6.45, 7) is 6.17. The van der Waals surface area contributed by atoms with E-state index in [0.717, 1.165) is 6.07 Å². The summed E-state index contributed by atoms with van der Waals surface area (Å²) in [6, 6.07) is 3.04. The number of nitrogens with zero attached hydrogens (tertiary/aromatic N) is 1. The first kappa shape index (κ1) is 21.3. The van der Waals surface area contributed by atoms with Gasteiger partial charge in [-0.1, -0.05) is 19.9 Å². The van der Waals surface area contributed by atoms with E-state index in [9.17, 15) is 17.2 Å². The lowest BCUT2D eigenvalue weighted by Crippen LogP contribution is -2.43. The largest absolute Gasteiger partial charge is 0.356 e. The molecule has 0 aromatic heterocycles. The Morgan fingerprint density at radius 2 is 1.96 bits per heavy atom. The lowest BCUT2D eigenvalue weighted by molar-refractivity contribution is 0.348. The lowest BCUT2D eigenvalue weighted by Gasteiger charge is -2.27. The fraction of sp³-hybridized carbons (Fsp3) is 0.588. The average molecular weight is 375 g/mol. The van der Waals surface area contributed by atoms with Gasteiger partial charge in [-0.2, -0.15) is 0 Å². The molecule has 5 nitrogen and oxygen atoms in total. The Bertz CT molecular complexity index is 719. The molecule has 2 N–H and O–H groups in total. The van der Waals surface area contributed by atoms with Crippen LogP contribution in [0.25, 0.3) is 0 Å². The summed E-state index contributed by atoms with van der Waals surface area (Å²) < 4.78 is 49.5. The molecule has 0 aliphatic carbocycles. The Morgan fingerprint density at radius 3 is 2.48 bits per heavy atom. The monoisotopic (exact) mass is 375 g/mol. The van der Waals surface area contributed by atoms with E-state index >= 15 is 0 Å². The predicted octanol–water partition coefficient (Wildman–Crippen LogP) is 2.65. The van der Waals surface area contributed by atoms with Crippen molar-refractivity contribution in [3.63, 3.8) is 0 Å². The maximum absolute atomic E-state index is 13.8. The topological polar surface area (TPSA) is 70.6 Å². The van der Waals surface area contributed by atoms with Gasteiger partial charge in [0.1, 0.15) is 21.5 Å². The molecule has 0 saturated heterocycles. The van der Waals surface area contributed by atoms with Crippen molar-refractivity contribution < 1.29 is 17.2 Å². The summed E-state index contributed by atoms with van der Waals surface area (Å²) in [5.74, 6) is -0.665. The summed E-state index contributed by atoms with van der Waals surface area (Å²) in [7, 11) is -1.42. The SMILES string of the molecule is CN=C(NCC(C)(C)CCS(C)(=O)=O)NC(C)c1ccc(F)cc1F. The molecule has 1 rings (SSSR count). The van der Waals surface area contributed by atoms with E-state index in [1.54, 1.807) is 14.0 Å². The number of benzene rings is 1. The molecule has 8 heteroatoms. The molecular formula is C17H27F2N3O2S. The minimum atomic E-state index is -3.01. The smallest absolute Gasteiger partial charge is 0.191 e. The third kappa shape index (κ3) is 7.81. The molecule has 1 aromatic carbocycles. The van der Waals surface area contributed by atoms with Crippen LogP contribution in [0.3, 0.4) is 0 Å². The molecule has 1 atom stereocenters. The molecular weight excluding hydrogens is 348 g/mol. The first-order chi connectivity index (χ1) is 11.4. The number of guanidine groups is 1. The number of halogens is 2. The van der Waals surface area contributed by atoms with E-state index in [0.29, 0.717) is 24.5 Å². The molecule has 0 aliphatic heterocycles. The van der Waals surface area contributed by atoms with Gasteiger partial charge in [0.2, 0.25) is 0 Å². The van der Waals surface area contributed by atoms with Gasteiger partial charge in [-0.05, 0) is 24.8 Å². The van der Waals surface area contributed by atoms with Crippen LogP contribution in [0.2, 0.25) is 0 Å². The van der Waals surface area contributed by atoms with E-state index in [1.165, 1.54) is 18.4 Å². The zero-order chi connectivity index (χ0) is 19.3. The summed E-state index contributed by atoms with van der Waals surface area (Å²) in [5.41, 5.74) is 0.0751. The number of sulfone groups is 1. The first-order valence-electron chi connectivity index (χ1n) is 8.03. The molecule has 0 bridgehead atoms. The van der Waals surface area contributed by atoms with Gasteiger partial charge in [-0.25, -0.2) is 17.2 Å². The standard InChI is InChI=1S/C17H27F2N3O2S/c1-12(14-7-6-13(18)10-15(14)19)22-16(20-4)21-11-17(2,3)8-9-25(5,23)24/h6-7,10,12H,8-9,11H2,1-5H3,(H2,20,21,22). The second kappa shape index (κ2) is 8.60. The second-order valence-corrected chi connectivity index (χ2v) is 9.26. The van der Waals surface area contributed by atoms with Gasteiger partial charge < -0.3 is 10.6 Å². The number of nitrogens with one attached hydrogen (secondary N) is 2. The number of hydrogen-bond acceptors (Lipinski definition) is 3. The Hall–Kier alpha value is -1.70. The molecule has 0 saturated carbocycles. The summed E-state index contributed by atoms with van der Waals surface area (Å²) >= 11 is 0. The van der Waals surface area contributed by atoms with Gasteiger partial charge in [0, 0.05) is 31.5 Å². The molecule has 25 heavy (non-hydrogen) atoms. The molecule has 0 amide bonds. The van der Waals surface area contributed by atoms with Gasteiger partial charge in [0.05, 0.1) is 11.8 Å². The maximum Gasteiger partial charge on any atom is 0.191 e. The van der Waals surface area contributed by atoms with Crippen LogP contribution in [0.15, 0.2) is 23.2 Å². The van der Waals surface area contributed by atoms with Crippen LogP contribution in [0, 0.1) is 17.0 Å². The second-order valence-electron chi connectivity index (χ2n) is 7.00. The molecule has 0 heterocycles. The van der Waals surface area contributed by atoms with Crippen LogP contribution in [-0.4, -0.2) is 40.0 Å². The Labute approximate surface area is 148 Å². The molecule has 1 unspecified atom stereocenters. The average Bonchev–Trinajstić information content (AvgIpc) is 2.48. The van der Waals surface area contributed by atoms with Crippen LogP contribution in [-0.2, 0) is 9.84 Å². The predicted molar refractivity (Wildman–Crippen MR) is 97.4 cm³/mol. The first-order valence-corrected chi connectivity index (χ1v) is 10.1. The van der Waals surface area contributed by atoms with E-state index in [2.05, 4.69) is 15.6 Å². The Balaban J connectivity index is 2.65. The highest BCUT2D eigenvalue weighted by Gasteiger charge is 2.21. The lowest BCUT2D eigenvalue weighted by atomic mass is 9.90. The van der Waals surface area contributed by atoms with Crippen molar-refractivity contribution in [3.8, 4) is 0 Å². The molecule has 1 aromatic rings. The van der Waals surface area contributed by atoms with Crippen LogP contribution < -0.4 is 10.6 Å². The van der Waals surface area contributed by atoms with E-state index in [4.69, 9.17) is 0 Å². The minimum Gasteiger partial charge on any atom is -0.356 e. The third-order valence-electron chi connectivity index (χ3n) is 3.89. The van der Waals surface area contributed by atoms with Gasteiger partial charge in [-0.15, -0.1) is 0 Å². The molecule has 142 valence electrons. The normalized spacial score (nSPS) is 14.3. The molecule has 0 spiro atoms. The zero-order valence-corrected chi connectivity index (χ0v) is 16.2. The van der Waals surface area contributed by atoms with E-state index < -0.39 is 27.5 Å². The van der Waals surface area contributed by atoms with Crippen molar-refractivity contribution in [2.45, 2.75) is 33.2 Å². The van der Waals surface area contributed by atoms with Gasteiger partial charge in [0.15, 0.2) is 5.96 Å². The van der Waals surface area contributed by atoms with Gasteiger partial charge in [0.25, 0.3) is 0 Å². The maximum atomic E-state index is 13.8. The Kier molecular flexibility index (Phi) is 7.34. The number of hydrogen-bond donors (Lipinski definition) is 2. The quantitative estimate of drug-likeness (QED) is 0.568. The third-order valence-corrected chi connectivity index (χ3v) is 4.84. The van der Waals surface area contributed by atoms with Crippen molar-refractivity contribution in [2.24, 2.45) is 10.4 Å². The molecule has 0 fully saturated rings. The summed E-state index contributed by atoms with van der Waals surface area (Å²) in [5, 5.41) is 6.17. The van der Waals surface area contributed by atoms with Crippen LogP contribution in [0.5, 0.6) is 0 Å². The number of rotatable bonds is 7.